The van der Waals surface area contributed by atoms with Gasteiger partial charge in [0, 0.05) is 19.1 Å². The van der Waals surface area contributed by atoms with Crippen molar-refractivity contribution in [1.29, 1.82) is 0 Å². The first-order valence-corrected chi connectivity index (χ1v) is 7.83. The monoisotopic (exact) mass is 285 g/mol. The van der Waals surface area contributed by atoms with Gasteiger partial charge in [-0.3, -0.25) is 0 Å². The highest BCUT2D eigenvalue weighted by atomic mass is 15.3. The van der Waals surface area contributed by atoms with Crippen LogP contribution in [0.2, 0.25) is 0 Å². The molecule has 5 heteroatoms. The van der Waals surface area contributed by atoms with E-state index < -0.39 is 0 Å². The Morgan fingerprint density at radius 3 is 2.52 bits per heavy atom. The van der Waals surface area contributed by atoms with Gasteiger partial charge in [-0.15, -0.1) is 10.2 Å². The minimum Gasteiger partial charge on any atom is -0.340 e. The molecule has 0 amide bonds. The Bertz CT molecular complexity index is 592. The molecule has 3 rings (SSSR count). The van der Waals surface area contributed by atoms with Crippen LogP contribution in [0.25, 0.3) is 11.0 Å². The van der Waals surface area contributed by atoms with Crippen molar-refractivity contribution in [3.05, 3.63) is 24.3 Å². The molecule has 1 aromatic heterocycles. The Labute approximate surface area is 125 Å². The number of rotatable bonds is 4. The SMILES string of the molecule is CCNC1CCC(N(C)c2nnc3ccccc3n2)CC1. The van der Waals surface area contributed by atoms with Gasteiger partial charge in [0.1, 0.15) is 5.52 Å². The predicted molar refractivity (Wildman–Crippen MR) is 85.5 cm³/mol. The van der Waals surface area contributed by atoms with E-state index in [-0.39, 0.29) is 0 Å². The Kier molecular flexibility index (Phi) is 4.29. The number of benzene rings is 1. The molecule has 1 aromatic carbocycles. The van der Waals surface area contributed by atoms with Crippen LogP contribution in [-0.2, 0) is 0 Å². The smallest absolute Gasteiger partial charge is 0.245 e. The van der Waals surface area contributed by atoms with Crippen molar-refractivity contribution >= 4 is 17.0 Å². The molecule has 5 nitrogen and oxygen atoms in total. The molecule has 1 saturated carbocycles. The molecule has 1 aliphatic carbocycles. The molecule has 1 aliphatic rings. The first-order chi connectivity index (χ1) is 10.3. The molecule has 0 unspecified atom stereocenters. The van der Waals surface area contributed by atoms with Crippen LogP contribution in [0.4, 0.5) is 5.95 Å². The summed E-state index contributed by atoms with van der Waals surface area (Å²) < 4.78 is 0. The summed E-state index contributed by atoms with van der Waals surface area (Å²) in [5.41, 5.74) is 1.76. The molecule has 1 N–H and O–H groups in total. The number of nitrogens with zero attached hydrogens (tertiary/aromatic N) is 4. The van der Waals surface area contributed by atoms with Crippen LogP contribution in [0.15, 0.2) is 24.3 Å². The van der Waals surface area contributed by atoms with E-state index in [4.69, 9.17) is 0 Å². The van der Waals surface area contributed by atoms with Crippen molar-refractivity contribution in [2.75, 3.05) is 18.5 Å². The van der Waals surface area contributed by atoms with Crippen molar-refractivity contribution < 1.29 is 0 Å². The molecule has 0 aliphatic heterocycles. The number of hydrogen-bond donors (Lipinski definition) is 1. The lowest BCUT2D eigenvalue weighted by Crippen LogP contribution is -2.41. The van der Waals surface area contributed by atoms with Crippen LogP contribution in [0.5, 0.6) is 0 Å². The van der Waals surface area contributed by atoms with Crippen molar-refractivity contribution in [2.24, 2.45) is 0 Å². The van der Waals surface area contributed by atoms with Gasteiger partial charge in [-0.05, 0) is 44.4 Å². The predicted octanol–water partition coefficient (Wildman–Crippen LogP) is 2.38. The Morgan fingerprint density at radius 2 is 1.81 bits per heavy atom. The lowest BCUT2D eigenvalue weighted by molar-refractivity contribution is 0.339. The van der Waals surface area contributed by atoms with E-state index in [9.17, 15) is 0 Å². The maximum atomic E-state index is 4.64. The summed E-state index contributed by atoms with van der Waals surface area (Å²) in [5, 5.41) is 12.1. The Hall–Kier alpha value is -1.75. The number of fused-ring (bicyclic) bond motifs is 1. The van der Waals surface area contributed by atoms with E-state index in [2.05, 4.69) is 39.4 Å². The maximum absolute atomic E-state index is 4.64. The minimum absolute atomic E-state index is 0.517. The van der Waals surface area contributed by atoms with E-state index in [1.165, 1.54) is 25.7 Å². The summed E-state index contributed by atoms with van der Waals surface area (Å²) in [6.07, 6.45) is 4.82. The average molecular weight is 285 g/mol. The van der Waals surface area contributed by atoms with Gasteiger partial charge in [0.25, 0.3) is 0 Å². The molecule has 0 radical (unpaired) electrons. The minimum atomic E-state index is 0.517. The zero-order valence-electron chi connectivity index (χ0n) is 12.8. The van der Waals surface area contributed by atoms with Gasteiger partial charge in [0.15, 0.2) is 0 Å². The van der Waals surface area contributed by atoms with E-state index in [1.54, 1.807) is 0 Å². The third-order valence-corrected chi connectivity index (χ3v) is 4.40. The Balaban J connectivity index is 1.70. The van der Waals surface area contributed by atoms with Crippen molar-refractivity contribution in [3.8, 4) is 0 Å². The third-order valence-electron chi connectivity index (χ3n) is 4.40. The van der Waals surface area contributed by atoms with Crippen molar-refractivity contribution in [2.45, 2.75) is 44.7 Å². The van der Waals surface area contributed by atoms with Gasteiger partial charge < -0.3 is 10.2 Å². The molecule has 21 heavy (non-hydrogen) atoms. The fourth-order valence-electron chi connectivity index (χ4n) is 3.14. The normalized spacial score (nSPS) is 22.4. The van der Waals surface area contributed by atoms with Gasteiger partial charge in [0.05, 0.1) is 5.52 Å². The second-order valence-corrected chi connectivity index (χ2v) is 5.77. The third kappa shape index (κ3) is 3.13. The second-order valence-electron chi connectivity index (χ2n) is 5.77. The quantitative estimate of drug-likeness (QED) is 0.934. The topological polar surface area (TPSA) is 53.9 Å². The van der Waals surface area contributed by atoms with Gasteiger partial charge in [-0.25, -0.2) is 4.98 Å². The first-order valence-electron chi connectivity index (χ1n) is 7.83. The van der Waals surface area contributed by atoms with E-state index in [1.807, 2.05) is 24.3 Å². The molecule has 0 atom stereocenters. The summed E-state index contributed by atoms with van der Waals surface area (Å²) in [5.74, 6) is 0.737. The molecule has 0 saturated heterocycles. The fraction of sp³-hybridized carbons (Fsp3) is 0.562. The van der Waals surface area contributed by atoms with Crippen LogP contribution >= 0.6 is 0 Å². The summed E-state index contributed by atoms with van der Waals surface area (Å²) >= 11 is 0. The number of hydrogen-bond acceptors (Lipinski definition) is 5. The van der Waals surface area contributed by atoms with Gasteiger partial charge >= 0.3 is 0 Å². The van der Waals surface area contributed by atoms with E-state index >= 15 is 0 Å². The standard InChI is InChI=1S/C16H23N5/c1-3-17-12-8-10-13(11-9-12)21(2)16-18-14-6-4-5-7-15(14)19-20-16/h4-7,12-13,17H,3,8-11H2,1-2H3. The summed E-state index contributed by atoms with van der Waals surface area (Å²) in [6.45, 7) is 3.23. The van der Waals surface area contributed by atoms with Crippen molar-refractivity contribution in [1.82, 2.24) is 20.5 Å². The highest BCUT2D eigenvalue weighted by molar-refractivity contribution is 5.74. The van der Waals surface area contributed by atoms with Crippen LogP contribution in [0.1, 0.15) is 32.6 Å². The van der Waals surface area contributed by atoms with Gasteiger partial charge in [0.2, 0.25) is 5.95 Å². The fourth-order valence-corrected chi connectivity index (χ4v) is 3.14. The van der Waals surface area contributed by atoms with Crippen LogP contribution in [-0.4, -0.2) is 40.9 Å². The summed E-state index contributed by atoms with van der Waals surface area (Å²) in [4.78, 5) is 6.84. The summed E-state index contributed by atoms with van der Waals surface area (Å²) in [6, 6.07) is 9.08. The largest absolute Gasteiger partial charge is 0.340 e. The lowest BCUT2D eigenvalue weighted by Gasteiger charge is -2.34. The molecule has 1 heterocycles. The first kappa shape index (κ1) is 14.2. The zero-order chi connectivity index (χ0) is 14.7. The van der Waals surface area contributed by atoms with Crippen LogP contribution in [0, 0.1) is 0 Å². The van der Waals surface area contributed by atoms with E-state index in [0.717, 1.165) is 23.5 Å². The number of aromatic nitrogens is 3. The molecule has 1 fully saturated rings. The lowest BCUT2D eigenvalue weighted by atomic mass is 9.90. The molecule has 0 spiro atoms. The van der Waals surface area contributed by atoms with E-state index in [0.29, 0.717) is 12.1 Å². The molecule has 2 aromatic rings. The molecule has 112 valence electrons. The van der Waals surface area contributed by atoms with Crippen LogP contribution in [0.3, 0.4) is 0 Å². The average Bonchev–Trinajstić information content (AvgIpc) is 2.55. The molecular formula is C16H23N5. The van der Waals surface area contributed by atoms with Crippen molar-refractivity contribution in [3.63, 3.8) is 0 Å². The Morgan fingerprint density at radius 1 is 1.10 bits per heavy atom. The van der Waals surface area contributed by atoms with Gasteiger partial charge in [-0.1, -0.05) is 19.1 Å². The summed E-state index contributed by atoms with van der Waals surface area (Å²) in [7, 11) is 2.09. The molecular weight excluding hydrogens is 262 g/mol. The van der Waals surface area contributed by atoms with Gasteiger partial charge in [-0.2, -0.15) is 0 Å². The number of nitrogens with one attached hydrogen (secondary N) is 1. The highest BCUT2D eigenvalue weighted by Crippen LogP contribution is 2.25. The molecule has 0 bridgehead atoms. The number of anilines is 1. The number of para-hydroxylation sites is 1. The highest BCUT2D eigenvalue weighted by Gasteiger charge is 2.25. The maximum Gasteiger partial charge on any atom is 0.245 e. The second kappa shape index (κ2) is 6.35. The van der Waals surface area contributed by atoms with Crippen LogP contribution < -0.4 is 10.2 Å². The zero-order valence-corrected chi connectivity index (χ0v) is 12.8.